The van der Waals surface area contributed by atoms with Gasteiger partial charge in [-0.3, -0.25) is 4.79 Å². The molecule has 0 heterocycles. The van der Waals surface area contributed by atoms with E-state index in [-0.39, 0.29) is 5.78 Å². The van der Waals surface area contributed by atoms with Crippen LogP contribution in [0.25, 0.3) is 0 Å². The van der Waals surface area contributed by atoms with Crippen LogP contribution >= 0.6 is 0 Å². The molecule has 1 atom stereocenters. The molecule has 0 aromatic rings. The van der Waals surface area contributed by atoms with Gasteiger partial charge in [-0.1, -0.05) is 6.92 Å². The Morgan fingerprint density at radius 3 is 2.83 bits per heavy atom. The standard InChI is InChI=1S/C10H16O2/c1-4-5-6-10(11)7-9(2)8-12-3/h1,9H,5-8H2,2-3H3. The molecule has 0 aliphatic heterocycles. The molecule has 0 spiro atoms. The van der Waals surface area contributed by atoms with Crippen LogP contribution in [0.15, 0.2) is 0 Å². The van der Waals surface area contributed by atoms with Crippen LogP contribution in [0, 0.1) is 18.3 Å². The highest BCUT2D eigenvalue weighted by Crippen LogP contribution is 2.05. The Kier molecular flexibility index (Phi) is 6.41. The molecule has 0 saturated heterocycles. The van der Waals surface area contributed by atoms with Gasteiger partial charge in [0.15, 0.2) is 0 Å². The number of methoxy groups -OCH3 is 1. The average Bonchev–Trinajstić information content (AvgIpc) is 2.01. The van der Waals surface area contributed by atoms with Gasteiger partial charge in [-0.15, -0.1) is 12.3 Å². The fourth-order valence-electron chi connectivity index (χ4n) is 1.05. The molecule has 2 nitrogen and oxygen atoms in total. The van der Waals surface area contributed by atoms with Crippen molar-refractivity contribution in [3.05, 3.63) is 0 Å². The van der Waals surface area contributed by atoms with Crippen LogP contribution in [0.2, 0.25) is 0 Å². The van der Waals surface area contributed by atoms with Gasteiger partial charge in [0.25, 0.3) is 0 Å². The molecular weight excluding hydrogens is 152 g/mol. The van der Waals surface area contributed by atoms with Crippen LogP contribution in [0.1, 0.15) is 26.2 Å². The van der Waals surface area contributed by atoms with Crippen LogP contribution in [0.3, 0.4) is 0 Å². The number of Topliss-reactive ketones (excluding diaryl/α,β-unsaturated/α-hetero) is 1. The Bertz CT molecular complexity index is 167. The molecule has 0 aromatic carbocycles. The third-order valence-electron chi connectivity index (χ3n) is 1.58. The Morgan fingerprint density at radius 1 is 1.67 bits per heavy atom. The minimum atomic E-state index is 0.234. The van der Waals surface area contributed by atoms with Gasteiger partial charge in [0.2, 0.25) is 0 Å². The zero-order valence-corrected chi connectivity index (χ0v) is 7.80. The van der Waals surface area contributed by atoms with Gasteiger partial charge in [-0.05, 0) is 5.92 Å². The largest absolute Gasteiger partial charge is 0.384 e. The van der Waals surface area contributed by atoms with Crippen molar-refractivity contribution in [1.29, 1.82) is 0 Å². The second-order valence-corrected chi connectivity index (χ2v) is 3.01. The van der Waals surface area contributed by atoms with Crippen molar-refractivity contribution in [2.75, 3.05) is 13.7 Å². The third-order valence-corrected chi connectivity index (χ3v) is 1.58. The number of carbonyl (C=O) groups is 1. The lowest BCUT2D eigenvalue weighted by Crippen LogP contribution is -2.10. The highest BCUT2D eigenvalue weighted by molar-refractivity contribution is 5.78. The van der Waals surface area contributed by atoms with Gasteiger partial charge in [0.1, 0.15) is 5.78 Å². The Hall–Kier alpha value is -0.810. The molecule has 12 heavy (non-hydrogen) atoms. The lowest BCUT2D eigenvalue weighted by Gasteiger charge is -2.07. The van der Waals surface area contributed by atoms with Crippen LogP contribution < -0.4 is 0 Å². The molecule has 0 N–H and O–H groups in total. The van der Waals surface area contributed by atoms with Crippen molar-refractivity contribution in [3.8, 4) is 12.3 Å². The summed E-state index contributed by atoms with van der Waals surface area (Å²) >= 11 is 0. The molecule has 0 radical (unpaired) electrons. The van der Waals surface area contributed by atoms with E-state index in [2.05, 4.69) is 5.92 Å². The van der Waals surface area contributed by atoms with E-state index >= 15 is 0 Å². The van der Waals surface area contributed by atoms with E-state index in [1.165, 1.54) is 0 Å². The first kappa shape index (κ1) is 11.2. The molecule has 0 rings (SSSR count). The van der Waals surface area contributed by atoms with Crippen molar-refractivity contribution in [3.63, 3.8) is 0 Å². The molecule has 0 fully saturated rings. The van der Waals surface area contributed by atoms with Crippen LogP contribution in [-0.2, 0) is 9.53 Å². The fraction of sp³-hybridized carbons (Fsp3) is 0.700. The maximum atomic E-state index is 11.1. The summed E-state index contributed by atoms with van der Waals surface area (Å²) in [4.78, 5) is 11.1. The van der Waals surface area contributed by atoms with E-state index in [0.29, 0.717) is 31.8 Å². The van der Waals surface area contributed by atoms with Crippen LogP contribution in [0.4, 0.5) is 0 Å². The summed E-state index contributed by atoms with van der Waals surface area (Å²) in [5.41, 5.74) is 0. The molecular formula is C10H16O2. The van der Waals surface area contributed by atoms with Crippen LogP contribution in [-0.4, -0.2) is 19.5 Å². The molecule has 2 heteroatoms. The first-order chi connectivity index (χ1) is 5.70. The van der Waals surface area contributed by atoms with E-state index in [0.717, 1.165) is 0 Å². The first-order valence-electron chi connectivity index (χ1n) is 4.14. The average molecular weight is 168 g/mol. The topological polar surface area (TPSA) is 26.3 Å². The highest BCUT2D eigenvalue weighted by Gasteiger charge is 2.07. The van der Waals surface area contributed by atoms with Gasteiger partial charge in [0, 0.05) is 33.0 Å². The molecule has 0 bridgehead atoms. The van der Waals surface area contributed by atoms with Gasteiger partial charge >= 0.3 is 0 Å². The summed E-state index contributed by atoms with van der Waals surface area (Å²) in [6.07, 6.45) is 6.68. The van der Waals surface area contributed by atoms with Crippen molar-refractivity contribution in [2.24, 2.45) is 5.92 Å². The second-order valence-electron chi connectivity index (χ2n) is 3.01. The van der Waals surface area contributed by atoms with E-state index in [1.54, 1.807) is 7.11 Å². The summed E-state index contributed by atoms with van der Waals surface area (Å²) < 4.78 is 4.92. The van der Waals surface area contributed by atoms with Gasteiger partial charge in [-0.25, -0.2) is 0 Å². The number of ketones is 1. The van der Waals surface area contributed by atoms with E-state index in [1.807, 2.05) is 6.92 Å². The second kappa shape index (κ2) is 6.87. The summed E-state index contributed by atoms with van der Waals surface area (Å²) in [5, 5.41) is 0. The SMILES string of the molecule is C#CCCC(=O)CC(C)COC. The van der Waals surface area contributed by atoms with Crippen molar-refractivity contribution in [2.45, 2.75) is 26.2 Å². The summed E-state index contributed by atoms with van der Waals surface area (Å²) in [5.74, 6) is 2.99. The van der Waals surface area contributed by atoms with Gasteiger partial charge < -0.3 is 4.74 Å². The Balaban J connectivity index is 3.48. The quantitative estimate of drug-likeness (QED) is 0.563. The normalized spacial score (nSPS) is 12.1. The number of hydrogen-bond acceptors (Lipinski definition) is 2. The van der Waals surface area contributed by atoms with Crippen molar-refractivity contribution < 1.29 is 9.53 Å². The zero-order chi connectivity index (χ0) is 9.40. The minimum Gasteiger partial charge on any atom is -0.384 e. The van der Waals surface area contributed by atoms with Crippen LogP contribution in [0.5, 0.6) is 0 Å². The molecule has 0 aliphatic rings. The molecule has 0 amide bonds. The minimum absolute atomic E-state index is 0.234. The molecule has 0 aliphatic carbocycles. The summed E-state index contributed by atoms with van der Waals surface area (Å²) in [6, 6.07) is 0. The predicted molar refractivity (Wildman–Crippen MR) is 48.7 cm³/mol. The number of terminal acetylenes is 1. The number of rotatable bonds is 6. The number of ether oxygens (including phenoxy) is 1. The van der Waals surface area contributed by atoms with Gasteiger partial charge in [-0.2, -0.15) is 0 Å². The molecule has 0 saturated carbocycles. The maximum Gasteiger partial charge on any atom is 0.134 e. The lowest BCUT2D eigenvalue weighted by atomic mass is 10.0. The number of carbonyl (C=O) groups excluding carboxylic acids is 1. The lowest BCUT2D eigenvalue weighted by molar-refractivity contribution is -0.120. The van der Waals surface area contributed by atoms with E-state index in [9.17, 15) is 4.79 Å². The smallest absolute Gasteiger partial charge is 0.134 e. The first-order valence-corrected chi connectivity index (χ1v) is 4.14. The van der Waals surface area contributed by atoms with E-state index < -0.39 is 0 Å². The molecule has 0 aromatic heterocycles. The summed E-state index contributed by atoms with van der Waals surface area (Å²) in [6.45, 7) is 2.64. The third kappa shape index (κ3) is 5.94. The number of hydrogen-bond donors (Lipinski definition) is 0. The molecule has 1 unspecified atom stereocenters. The highest BCUT2D eigenvalue weighted by atomic mass is 16.5. The zero-order valence-electron chi connectivity index (χ0n) is 7.80. The maximum absolute atomic E-state index is 11.1. The Labute approximate surface area is 74.3 Å². The molecule has 68 valence electrons. The monoisotopic (exact) mass is 168 g/mol. The predicted octanol–water partition coefficient (Wildman–Crippen LogP) is 1.64. The fourth-order valence-corrected chi connectivity index (χ4v) is 1.05. The van der Waals surface area contributed by atoms with Crippen molar-refractivity contribution in [1.82, 2.24) is 0 Å². The Morgan fingerprint density at radius 2 is 2.33 bits per heavy atom. The summed E-state index contributed by atoms with van der Waals surface area (Å²) in [7, 11) is 1.64. The van der Waals surface area contributed by atoms with Gasteiger partial charge in [0.05, 0.1) is 0 Å². The van der Waals surface area contributed by atoms with Crippen molar-refractivity contribution >= 4 is 5.78 Å². The van der Waals surface area contributed by atoms with E-state index in [4.69, 9.17) is 11.2 Å².